The van der Waals surface area contributed by atoms with Crippen molar-refractivity contribution in [3.05, 3.63) is 53.5 Å². The lowest BCUT2D eigenvalue weighted by Gasteiger charge is -2.09. The zero-order valence-electron chi connectivity index (χ0n) is 14.1. The van der Waals surface area contributed by atoms with Crippen molar-refractivity contribution < 1.29 is 33.0 Å². The molecule has 0 atom stereocenters. The normalized spacial score (nSPS) is 10.5. The number of carbonyl (C=O) groups is 2. The van der Waals surface area contributed by atoms with E-state index in [4.69, 9.17) is 18.6 Å². The number of rotatable bonds is 7. The minimum absolute atomic E-state index is 0.0465. The Kier molecular flexibility index (Phi) is 6.22. The van der Waals surface area contributed by atoms with Crippen LogP contribution >= 0.6 is 0 Å². The van der Waals surface area contributed by atoms with Gasteiger partial charge in [0.05, 0.1) is 21.3 Å². The molecule has 0 spiro atoms. The van der Waals surface area contributed by atoms with Gasteiger partial charge in [0.25, 0.3) is 0 Å². The van der Waals surface area contributed by atoms with Gasteiger partial charge in [0.15, 0.2) is 11.5 Å². The fourth-order valence-electron chi connectivity index (χ4n) is 2.06. The second kappa shape index (κ2) is 8.58. The van der Waals surface area contributed by atoms with Crippen LogP contribution in [-0.2, 0) is 20.9 Å². The third kappa shape index (κ3) is 4.63. The summed E-state index contributed by atoms with van der Waals surface area (Å²) in [5, 5.41) is 0. The number of hydrogen-bond donors (Lipinski definition) is 0. The van der Waals surface area contributed by atoms with Crippen LogP contribution in [0.1, 0.15) is 21.9 Å². The molecule has 1 aromatic carbocycles. The number of ether oxygens (including phenoxy) is 4. The van der Waals surface area contributed by atoms with Crippen LogP contribution in [0, 0.1) is 0 Å². The fraction of sp³-hybridized carbons (Fsp3) is 0.222. The van der Waals surface area contributed by atoms with E-state index in [0.717, 1.165) is 0 Å². The highest BCUT2D eigenvalue weighted by Gasteiger charge is 2.12. The first-order valence-electron chi connectivity index (χ1n) is 7.32. The minimum atomic E-state index is -0.595. The quantitative estimate of drug-likeness (QED) is 0.563. The summed E-state index contributed by atoms with van der Waals surface area (Å²) in [6.07, 6.45) is 2.83. The standard InChI is InChI=1S/C18H18O7/c1-21-14-6-4-5-12(17(14)22-2)7-10-16(19)24-11-13-8-9-15(25-13)18(20)23-3/h4-10H,11H2,1-3H3/b10-7+. The van der Waals surface area contributed by atoms with E-state index in [1.807, 2.05) is 0 Å². The summed E-state index contributed by atoms with van der Waals surface area (Å²) in [5.41, 5.74) is 0.671. The van der Waals surface area contributed by atoms with Gasteiger partial charge in [-0.15, -0.1) is 0 Å². The summed E-state index contributed by atoms with van der Waals surface area (Å²) in [6, 6.07) is 8.30. The molecule has 0 N–H and O–H groups in total. The highest BCUT2D eigenvalue weighted by Crippen LogP contribution is 2.31. The lowest BCUT2D eigenvalue weighted by molar-refractivity contribution is -0.139. The third-order valence-electron chi connectivity index (χ3n) is 3.24. The molecule has 25 heavy (non-hydrogen) atoms. The number of para-hydroxylation sites is 1. The molecule has 2 rings (SSSR count). The molecule has 0 saturated heterocycles. The fourth-order valence-corrected chi connectivity index (χ4v) is 2.06. The second-order valence-corrected chi connectivity index (χ2v) is 4.78. The molecular weight excluding hydrogens is 328 g/mol. The Balaban J connectivity index is 1.97. The van der Waals surface area contributed by atoms with Gasteiger partial charge in [0.2, 0.25) is 5.76 Å². The van der Waals surface area contributed by atoms with E-state index in [9.17, 15) is 9.59 Å². The van der Waals surface area contributed by atoms with Gasteiger partial charge in [-0.05, 0) is 24.3 Å². The molecule has 0 aliphatic heterocycles. The van der Waals surface area contributed by atoms with Crippen LogP contribution < -0.4 is 9.47 Å². The van der Waals surface area contributed by atoms with Gasteiger partial charge in [-0.3, -0.25) is 0 Å². The van der Waals surface area contributed by atoms with Crippen molar-refractivity contribution in [2.75, 3.05) is 21.3 Å². The van der Waals surface area contributed by atoms with Crippen molar-refractivity contribution in [1.82, 2.24) is 0 Å². The molecule has 132 valence electrons. The minimum Gasteiger partial charge on any atom is -0.493 e. The largest absolute Gasteiger partial charge is 0.493 e. The molecule has 0 radical (unpaired) electrons. The van der Waals surface area contributed by atoms with Gasteiger partial charge in [0.1, 0.15) is 12.4 Å². The topological polar surface area (TPSA) is 84.2 Å². The van der Waals surface area contributed by atoms with E-state index in [-0.39, 0.29) is 12.4 Å². The predicted octanol–water partition coefficient (Wildman–Crippen LogP) is 2.84. The van der Waals surface area contributed by atoms with Gasteiger partial charge < -0.3 is 23.4 Å². The van der Waals surface area contributed by atoms with Crippen molar-refractivity contribution in [3.8, 4) is 11.5 Å². The number of esters is 2. The molecule has 2 aromatic rings. The summed E-state index contributed by atoms with van der Waals surface area (Å²) in [4.78, 5) is 23.1. The zero-order chi connectivity index (χ0) is 18.2. The van der Waals surface area contributed by atoms with Gasteiger partial charge in [-0.1, -0.05) is 12.1 Å². The van der Waals surface area contributed by atoms with Crippen molar-refractivity contribution in [2.45, 2.75) is 6.61 Å². The van der Waals surface area contributed by atoms with Crippen LogP contribution in [0.2, 0.25) is 0 Å². The molecule has 7 heteroatoms. The van der Waals surface area contributed by atoms with Gasteiger partial charge in [0, 0.05) is 11.6 Å². The van der Waals surface area contributed by atoms with Crippen molar-refractivity contribution in [1.29, 1.82) is 0 Å². The number of hydrogen-bond acceptors (Lipinski definition) is 7. The summed E-state index contributed by atoms with van der Waals surface area (Å²) in [5.74, 6) is 0.293. The Morgan fingerprint density at radius 2 is 1.88 bits per heavy atom. The molecular formula is C18H18O7. The van der Waals surface area contributed by atoms with E-state index in [1.54, 1.807) is 24.3 Å². The first-order chi connectivity index (χ1) is 12.1. The maximum absolute atomic E-state index is 11.8. The van der Waals surface area contributed by atoms with Crippen LogP contribution in [0.15, 0.2) is 40.8 Å². The highest BCUT2D eigenvalue weighted by atomic mass is 16.6. The molecule has 0 aliphatic carbocycles. The molecule has 1 heterocycles. The predicted molar refractivity (Wildman–Crippen MR) is 88.4 cm³/mol. The maximum Gasteiger partial charge on any atom is 0.373 e. The number of benzene rings is 1. The van der Waals surface area contributed by atoms with Gasteiger partial charge >= 0.3 is 11.9 Å². The first-order valence-corrected chi connectivity index (χ1v) is 7.32. The van der Waals surface area contributed by atoms with E-state index in [1.165, 1.54) is 39.5 Å². The Hall–Kier alpha value is -3.22. The first kappa shape index (κ1) is 18.1. The summed E-state index contributed by atoms with van der Waals surface area (Å²) in [7, 11) is 4.30. The van der Waals surface area contributed by atoms with E-state index in [2.05, 4.69) is 4.74 Å². The van der Waals surface area contributed by atoms with E-state index >= 15 is 0 Å². The summed E-state index contributed by atoms with van der Waals surface area (Å²) < 4.78 is 25.3. The zero-order valence-corrected chi connectivity index (χ0v) is 14.1. The van der Waals surface area contributed by atoms with Crippen LogP contribution in [-0.4, -0.2) is 33.3 Å². The van der Waals surface area contributed by atoms with E-state index in [0.29, 0.717) is 22.8 Å². The molecule has 0 aliphatic rings. The van der Waals surface area contributed by atoms with Crippen molar-refractivity contribution >= 4 is 18.0 Å². The van der Waals surface area contributed by atoms with Crippen molar-refractivity contribution in [2.24, 2.45) is 0 Å². The summed E-state index contributed by atoms with van der Waals surface area (Å²) in [6.45, 7) is -0.102. The van der Waals surface area contributed by atoms with E-state index < -0.39 is 11.9 Å². The molecule has 0 fully saturated rings. The maximum atomic E-state index is 11.8. The van der Waals surface area contributed by atoms with Crippen LogP contribution in [0.3, 0.4) is 0 Å². The average Bonchev–Trinajstić information content (AvgIpc) is 3.12. The number of carbonyl (C=O) groups excluding carboxylic acids is 2. The van der Waals surface area contributed by atoms with Crippen LogP contribution in [0.4, 0.5) is 0 Å². The molecule has 0 bridgehead atoms. The lowest BCUT2D eigenvalue weighted by atomic mass is 10.1. The molecule has 1 aromatic heterocycles. The Labute approximate surface area is 144 Å². The van der Waals surface area contributed by atoms with Gasteiger partial charge in [-0.2, -0.15) is 0 Å². The monoisotopic (exact) mass is 346 g/mol. The van der Waals surface area contributed by atoms with Crippen molar-refractivity contribution in [3.63, 3.8) is 0 Å². The molecule has 0 unspecified atom stereocenters. The lowest BCUT2D eigenvalue weighted by Crippen LogP contribution is -2.01. The van der Waals surface area contributed by atoms with Crippen LogP contribution in [0.25, 0.3) is 6.08 Å². The second-order valence-electron chi connectivity index (χ2n) is 4.78. The Morgan fingerprint density at radius 3 is 2.56 bits per heavy atom. The smallest absolute Gasteiger partial charge is 0.373 e. The average molecular weight is 346 g/mol. The Morgan fingerprint density at radius 1 is 1.08 bits per heavy atom. The summed E-state index contributed by atoms with van der Waals surface area (Å²) >= 11 is 0. The number of methoxy groups -OCH3 is 3. The van der Waals surface area contributed by atoms with Crippen LogP contribution in [0.5, 0.6) is 11.5 Å². The Bertz CT molecular complexity index is 773. The van der Waals surface area contributed by atoms with Gasteiger partial charge in [-0.25, -0.2) is 9.59 Å². The molecule has 7 nitrogen and oxygen atoms in total. The highest BCUT2D eigenvalue weighted by molar-refractivity contribution is 5.88. The molecule has 0 amide bonds. The SMILES string of the molecule is COC(=O)c1ccc(COC(=O)/C=C/c2cccc(OC)c2OC)o1. The molecule has 0 saturated carbocycles. The third-order valence-corrected chi connectivity index (χ3v) is 3.24. The number of furan rings is 1.